The van der Waals surface area contributed by atoms with Crippen LogP contribution in [0.15, 0.2) is 91.0 Å². The summed E-state index contributed by atoms with van der Waals surface area (Å²) in [7, 11) is 0. The van der Waals surface area contributed by atoms with Crippen LogP contribution in [-0.2, 0) is 11.4 Å². The fourth-order valence-corrected chi connectivity index (χ4v) is 3.29. The Morgan fingerprint density at radius 2 is 1.54 bits per heavy atom. The molecule has 0 heterocycles. The molecule has 142 valence electrons. The van der Waals surface area contributed by atoms with E-state index in [0.29, 0.717) is 13.0 Å². The molecule has 3 rings (SSSR count). The van der Waals surface area contributed by atoms with E-state index in [4.69, 9.17) is 4.74 Å². The maximum Gasteiger partial charge on any atom is 0.137 e. The maximum atomic E-state index is 12.3. The molecule has 0 aliphatic carbocycles. The van der Waals surface area contributed by atoms with Gasteiger partial charge in [0.1, 0.15) is 18.1 Å². The normalized spacial score (nSPS) is 11.6. The number of rotatable bonds is 8. The van der Waals surface area contributed by atoms with E-state index in [9.17, 15) is 4.79 Å². The lowest BCUT2D eigenvalue weighted by Crippen LogP contribution is -2.10. The van der Waals surface area contributed by atoms with Gasteiger partial charge in [-0.1, -0.05) is 72.3 Å². The zero-order chi connectivity index (χ0) is 19.9. The average molecular weight is 370 g/mol. The molecule has 0 amide bonds. The minimum Gasteiger partial charge on any atom is -0.489 e. The van der Waals surface area contributed by atoms with Crippen molar-refractivity contribution < 1.29 is 9.53 Å². The van der Waals surface area contributed by atoms with Crippen molar-refractivity contribution in [2.45, 2.75) is 32.8 Å². The summed E-state index contributed by atoms with van der Waals surface area (Å²) in [6.45, 7) is 8.10. The topological polar surface area (TPSA) is 26.3 Å². The lowest BCUT2D eigenvalue weighted by molar-refractivity contribution is -0.118. The third-order valence-corrected chi connectivity index (χ3v) is 4.73. The summed E-state index contributed by atoms with van der Waals surface area (Å²) in [5, 5.41) is 0. The molecular weight excluding hydrogens is 344 g/mol. The number of hydrogen-bond donors (Lipinski definition) is 0. The summed E-state index contributed by atoms with van der Waals surface area (Å²) in [4.78, 5) is 12.3. The van der Waals surface area contributed by atoms with Crippen molar-refractivity contribution in [2.75, 3.05) is 0 Å². The third-order valence-electron chi connectivity index (χ3n) is 4.73. The van der Waals surface area contributed by atoms with E-state index < -0.39 is 0 Å². The van der Waals surface area contributed by atoms with Crippen LogP contribution >= 0.6 is 0 Å². The van der Waals surface area contributed by atoms with Crippen LogP contribution in [-0.4, -0.2) is 5.78 Å². The summed E-state index contributed by atoms with van der Waals surface area (Å²) >= 11 is 0. The molecule has 3 aromatic rings. The molecule has 2 heteroatoms. The molecule has 0 aliphatic rings. The SMILES string of the molecule is C=C(C)CC(C(C)=O)c1cc(OCc2ccccc2)cc(-c2ccccc2)c1. The molecule has 2 nitrogen and oxygen atoms in total. The second-order valence-electron chi connectivity index (χ2n) is 7.26. The summed E-state index contributed by atoms with van der Waals surface area (Å²) < 4.78 is 6.10. The van der Waals surface area contributed by atoms with Crippen LogP contribution in [0.3, 0.4) is 0 Å². The lowest BCUT2D eigenvalue weighted by Gasteiger charge is -2.18. The van der Waals surface area contributed by atoms with Gasteiger partial charge >= 0.3 is 0 Å². The van der Waals surface area contributed by atoms with Gasteiger partial charge in [0, 0.05) is 5.92 Å². The number of allylic oxidation sites excluding steroid dienone is 1. The maximum absolute atomic E-state index is 12.3. The standard InChI is InChI=1S/C26H26O2/c1-19(2)14-26(20(3)27)24-15-23(22-12-8-5-9-13-22)16-25(17-24)28-18-21-10-6-4-7-11-21/h4-13,15-17,26H,1,14,18H2,2-3H3. The van der Waals surface area contributed by atoms with Crippen LogP contribution in [0.5, 0.6) is 5.75 Å². The second-order valence-corrected chi connectivity index (χ2v) is 7.26. The van der Waals surface area contributed by atoms with Crippen LogP contribution in [0.2, 0.25) is 0 Å². The third kappa shape index (κ3) is 5.20. The molecule has 0 saturated carbocycles. The fraction of sp³-hybridized carbons (Fsp3) is 0.192. The number of Topliss-reactive ketones (excluding diaryl/α,β-unsaturated/α-hetero) is 1. The molecule has 0 fully saturated rings. The Balaban J connectivity index is 1.98. The first-order valence-electron chi connectivity index (χ1n) is 9.55. The highest BCUT2D eigenvalue weighted by molar-refractivity contribution is 5.84. The second kappa shape index (κ2) is 9.18. The van der Waals surface area contributed by atoms with E-state index >= 15 is 0 Å². The molecule has 1 atom stereocenters. The largest absolute Gasteiger partial charge is 0.489 e. The van der Waals surface area contributed by atoms with E-state index in [0.717, 1.165) is 33.6 Å². The first-order chi connectivity index (χ1) is 13.5. The smallest absolute Gasteiger partial charge is 0.137 e. The molecule has 3 aromatic carbocycles. The number of hydrogen-bond acceptors (Lipinski definition) is 2. The number of ether oxygens (including phenoxy) is 1. The fourth-order valence-electron chi connectivity index (χ4n) is 3.29. The average Bonchev–Trinajstić information content (AvgIpc) is 2.71. The first-order valence-corrected chi connectivity index (χ1v) is 9.55. The molecule has 0 radical (unpaired) electrons. The Bertz CT molecular complexity index is 943. The Hall–Kier alpha value is -3.13. The van der Waals surface area contributed by atoms with Gasteiger partial charge in [-0.05, 0) is 54.7 Å². The van der Waals surface area contributed by atoms with Crippen LogP contribution in [0.4, 0.5) is 0 Å². The van der Waals surface area contributed by atoms with Gasteiger partial charge in [0.15, 0.2) is 0 Å². The highest BCUT2D eigenvalue weighted by Crippen LogP contribution is 2.33. The Labute approximate surface area is 167 Å². The predicted molar refractivity (Wildman–Crippen MR) is 116 cm³/mol. The minimum atomic E-state index is -0.208. The number of carbonyl (C=O) groups is 1. The van der Waals surface area contributed by atoms with Crippen molar-refractivity contribution in [1.29, 1.82) is 0 Å². The van der Waals surface area contributed by atoms with Gasteiger partial charge in [0.2, 0.25) is 0 Å². The van der Waals surface area contributed by atoms with Crippen molar-refractivity contribution in [3.05, 3.63) is 102 Å². The van der Waals surface area contributed by atoms with Crippen molar-refractivity contribution in [3.63, 3.8) is 0 Å². The lowest BCUT2D eigenvalue weighted by atomic mass is 9.87. The van der Waals surface area contributed by atoms with E-state index in [1.165, 1.54) is 0 Å². The highest BCUT2D eigenvalue weighted by atomic mass is 16.5. The van der Waals surface area contributed by atoms with Gasteiger partial charge in [-0.3, -0.25) is 4.79 Å². The molecule has 0 saturated heterocycles. The minimum absolute atomic E-state index is 0.141. The van der Waals surface area contributed by atoms with E-state index in [2.05, 4.69) is 24.8 Å². The van der Waals surface area contributed by atoms with Crippen molar-refractivity contribution in [2.24, 2.45) is 0 Å². The molecule has 1 unspecified atom stereocenters. The molecular formula is C26H26O2. The summed E-state index contributed by atoms with van der Waals surface area (Å²) in [5.74, 6) is 0.704. The molecule has 0 aromatic heterocycles. The van der Waals surface area contributed by atoms with E-state index in [1.807, 2.05) is 67.6 Å². The monoisotopic (exact) mass is 370 g/mol. The Kier molecular flexibility index (Phi) is 6.44. The van der Waals surface area contributed by atoms with Gasteiger partial charge in [0.05, 0.1) is 0 Å². The zero-order valence-corrected chi connectivity index (χ0v) is 16.5. The molecule has 0 aliphatic heterocycles. The number of ketones is 1. The summed E-state index contributed by atoms with van der Waals surface area (Å²) in [6.07, 6.45) is 0.645. The van der Waals surface area contributed by atoms with Crippen LogP contribution < -0.4 is 4.74 Å². The van der Waals surface area contributed by atoms with Gasteiger partial charge in [0.25, 0.3) is 0 Å². The highest BCUT2D eigenvalue weighted by Gasteiger charge is 2.19. The van der Waals surface area contributed by atoms with Gasteiger partial charge in [-0.15, -0.1) is 6.58 Å². The van der Waals surface area contributed by atoms with Gasteiger partial charge in [-0.2, -0.15) is 0 Å². The summed E-state index contributed by atoms with van der Waals surface area (Å²) in [6, 6.07) is 26.4. The van der Waals surface area contributed by atoms with E-state index in [-0.39, 0.29) is 11.7 Å². The molecule has 28 heavy (non-hydrogen) atoms. The van der Waals surface area contributed by atoms with Gasteiger partial charge < -0.3 is 4.74 Å². The van der Waals surface area contributed by atoms with E-state index in [1.54, 1.807) is 6.92 Å². The van der Waals surface area contributed by atoms with Crippen LogP contribution in [0, 0.1) is 0 Å². The molecule has 0 spiro atoms. The molecule has 0 N–H and O–H groups in total. The van der Waals surface area contributed by atoms with Crippen LogP contribution in [0.25, 0.3) is 11.1 Å². The number of carbonyl (C=O) groups excluding carboxylic acids is 1. The predicted octanol–water partition coefficient (Wildman–Crippen LogP) is 6.57. The quantitative estimate of drug-likeness (QED) is 0.419. The van der Waals surface area contributed by atoms with Crippen LogP contribution in [0.1, 0.15) is 37.3 Å². The summed E-state index contributed by atoms with van der Waals surface area (Å²) in [5.41, 5.74) is 5.23. The van der Waals surface area contributed by atoms with Crippen molar-refractivity contribution >= 4 is 5.78 Å². The van der Waals surface area contributed by atoms with Gasteiger partial charge in [-0.25, -0.2) is 0 Å². The first kappa shape index (κ1) is 19.6. The Morgan fingerprint density at radius 1 is 0.893 bits per heavy atom. The zero-order valence-electron chi connectivity index (χ0n) is 16.5. The molecule has 0 bridgehead atoms. The van der Waals surface area contributed by atoms with Crippen molar-refractivity contribution in [1.82, 2.24) is 0 Å². The Morgan fingerprint density at radius 3 is 2.14 bits per heavy atom. The number of benzene rings is 3. The van der Waals surface area contributed by atoms with Crippen molar-refractivity contribution in [3.8, 4) is 16.9 Å².